The molecule has 0 unspecified atom stereocenters. The summed E-state index contributed by atoms with van der Waals surface area (Å²) in [6, 6.07) is 9.79. The zero-order chi connectivity index (χ0) is 13.0. The van der Waals surface area contributed by atoms with Gasteiger partial charge in [-0.3, -0.25) is 4.79 Å². The van der Waals surface area contributed by atoms with Gasteiger partial charge < -0.3 is 9.73 Å². The Hall–Kier alpha value is -1.55. The van der Waals surface area contributed by atoms with Crippen molar-refractivity contribution in [1.82, 2.24) is 5.32 Å². The summed E-state index contributed by atoms with van der Waals surface area (Å²) in [5, 5.41) is 3.71. The number of furan rings is 1. The molecule has 0 aliphatic heterocycles. The lowest BCUT2D eigenvalue weighted by atomic mass is 10.1. The standard InChI is InChI=1S/C14H14BrNO2/c1-10-13(6-7-18-10)14(17)16-9-12-4-2-11(8-15)3-5-12/h2-7H,8-9H2,1H3,(H,16,17). The topological polar surface area (TPSA) is 42.2 Å². The molecule has 1 amide bonds. The number of benzene rings is 1. The Morgan fingerprint density at radius 3 is 2.44 bits per heavy atom. The van der Waals surface area contributed by atoms with E-state index in [0.29, 0.717) is 17.9 Å². The van der Waals surface area contributed by atoms with Crippen LogP contribution in [0.25, 0.3) is 0 Å². The first-order valence-corrected chi connectivity index (χ1v) is 6.79. The van der Waals surface area contributed by atoms with Crippen molar-refractivity contribution >= 4 is 21.8 Å². The van der Waals surface area contributed by atoms with Gasteiger partial charge in [-0.15, -0.1) is 0 Å². The first-order valence-electron chi connectivity index (χ1n) is 5.67. The maximum atomic E-state index is 11.8. The second-order valence-electron chi connectivity index (χ2n) is 4.02. The van der Waals surface area contributed by atoms with Crippen LogP contribution in [0.1, 0.15) is 27.2 Å². The molecule has 1 heterocycles. The minimum Gasteiger partial charge on any atom is -0.469 e. The van der Waals surface area contributed by atoms with Crippen LogP contribution in [0.15, 0.2) is 41.0 Å². The van der Waals surface area contributed by atoms with Crippen molar-refractivity contribution in [2.75, 3.05) is 0 Å². The number of nitrogens with one attached hydrogen (secondary N) is 1. The number of amides is 1. The van der Waals surface area contributed by atoms with Crippen LogP contribution in [-0.2, 0) is 11.9 Å². The second kappa shape index (κ2) is 5.87. The lowest BCUT2D eigenvalue weighted by Gasteiger charge is -2.05. The van der Waals surface area contributed by atoms with Gasteiger partial charge in [0.2, 0.25) is 0 Å². The van der Waals surface area contributed by atoms with Gasteiger partial charge in [0, 0.05) is 11.9 Å². The Balaban J connectivity index is 1.95. The molecule has 0 fully saturated rings. The summed E-state index contributed by atoms with van der Waals surface area (Å²) in [4.78, 5) is 11.8. The minimum absolute atomic E-state index is 0.106. The predicted molar refractivity (Wildman–Crippen MR) is 73.7 cm³/mol. The molecule has 1 N–H and O–H groups in total. The van der Waals surface area contributed by atoms with Crippen LogP contribution in [-0.4, -0.2) is 5.91 Å². The molecule has 0 saturated heterocycles. The van der Waals surface area contributed by atoms with E-state index < -0.39 is 0 Å². The van der Waals surface area contributed by atoms with Gasteiger partial charge in [-0.1, -0.05) is 40.2 Å². The quantitative estimate of drug-likeness (QED) is 0.880. The Bertz CT molecular complexity index is 531. The van der Waals surface area contributed by atoms with Crippen molar-refractivity contribution in [1.29, 1.82) is 0 Å². The van der Waals surface area contributed by atoms with Crippen molar-refractivity contribution < 1.29 is 9.21 Å². The highest BCUT2D eigenvalue weighted by Crippen LogP contribution is 2.10. The van der Waals surface area contributed by atoms with Gasteiger partial charge in [-0.2, -0.15) is 0 Å². The third-order valence-corrected chi connectivity index (χ3v) is 3.38. The van der Waals surface area contributed by atoms with Crippen molar-refractivity contribution in [3.63, 3.8) is 0 Å². The maximum Gasteiger partial charge on any atom is 0.255 e. The summed E-state index contributed by atoms with van der Waals surface area (Å²) in [5.74, 6) is 0.535. The monoisotopic (exact) mass is 307 g/mol. The smallest absolute Gasteiger partial charge is 0.255 e. The summed E-state index contributed by atoms with van der Waals surface area (Å²) in [6.45, 7) is 2.30. The number of carbonyl (C=O) groups is 1. The van der Waals surface area contributed by atoms with Gasteiger partial charge in [0.05, 0.1) is 11.8 Å². The first-order chi connectivity index (χ1) is 8.70. The molecule has 3 nitrogen and oxygen atoms in total. The van der Waals surface area contributed by atoms with Gasteiger partial charge in [-0.25, -0.2) is 0 Å². The predicted octanol–water partition coefficient (Wildman–Crippen LogP) is 3.41. The summed E-state index contributed by atoms with van der Waals surface area (Å²) >= 11 is 3.40. The van der Waals surface area contributed by atoms with Crippen LogP contribution < -0.4 is 5.32 Å². The maximum absolute atomic E-state index is 11.8. The average Bonchev–Trinajstić information content (AvgIpc) is 2.83. The number of alkyl halides is 1. The molecular formula is C14H14BrNO2. The third kappa shape index (κ3) is 3.01. The molecule has 2 rings (SSSR count). The van der Waals surface area contributed by atoms with Crippen LogP contribution in [0.3, 0.4) is 0 Å². The molecule has 1 aromatic heterocycles. The van der Waals surface area contributed by atoms with E-state index in [1.807, 2.05) is 24.3 Å². The molecule has 1 aromatic carbocycles. The molecule has 0 aliphatic rings. The fourth-order valence-corrected chi connectivity index (χ4v) is 2.02. The first kappa shape index (κ1) is 12.9. The minimum atomic E-state index is -0.106. The Morgan fingerprint density at radius 1 is 1.22 bits per heavy atom. The van der Waals surface area contributed by atoms with E-state index in [1.165, 1.54) is 11.8 Å². The Morgan fingerprint density at radius 2 is 1.89 bits per heavy atom. The molecule has 0 aliphatic carbocycles. The Kier molecular flexibility index (Phi) is 4.20. The highest BCUT2D eigenvalue weighted by molar-refractivity contribution is 9.08. The molecule has 0 bridgehead atoms. The van der Waals surface area contributed by atoms with E-state index in [0.717, 1.165) is 10.9 Å². The zero-order valence-electron chi connectivity index (χ0n) is 10.1. The molecule has 4 heteroatoms. The summed E-state index contributed by atoms with van der Waals surface area (Å²) in [6.07, 6.45) is 1.52. The fraction of sp³-hybridized carbons (Fsp3) is 0.214. The molecule has 0 radical (unpaired) electrons. The fourth-order valence-electron chi connectivity index (χ4n) is 1.64. The van der Waals surface area contributed by atoms with Crippen molar-refractivity contribution in [3.05, 3.63) is 59.0 Å². The molecule has 0 saturated carbocycles. The summed E-state index contributed by atoms with van der Waals surface area (Å²) in [5.41, 5.74) is 2.89. The normalized spacial score (nSPS) is 10.3. The number of aryl methyl sites for hydroxylation is 1. The molecule has 0 atom stereocenters. The summed E-state index contributed by atoms with van der Waals surface area (Å²) < 4.78 is 5.10. The SMILES string of the molecule is Cc1occc1C(=O)NCc1ccc(CBr)cc1. The number of hydrogen-bond acceptors (Lipinski definition) is 2. The van der Waals surface area contributed by atoms with E-state index in [4.69, 9.17) is 4.42 Å². The van der Waals surface area contributed by atoms with Crippen LogP contribution in [0.2, 0.25) is 0 Å². The number of rotatable bonds is 4. The summed E-state index contributed by atoms with van der Waals surface area (Å²) in [7, 11) is 0. The molecule has 0 spiro atoms. The van der Waals surface area contributed by atoms with Gasteiger partial charge in [0.1, 0.15) is 5.76 Å². The van der Waals surface area contributed by atoms with Crippen LogP contribution in [0.5, 0.6) is 0 Å². The van der Waals surface area contributed by atoms with E-state index in [2.05, 4.69) is 21.2 Å². The van der Waals surface area contributed by atoms with Crippen molar-refractivity contribution in [3.8, 4) is 0 Å². The van der Waals surface area contributed by atoms with Crippen LogP contribution in [0.4, 0.5) is 0 Å². The number of carbonyl (C=O) groups excluding carboxylic acids is 1. The van der Waals surface area contributed by atoms with Crippen molar-refractivity contribution in [2.45, 2.75) is 18.8 Å². The van der Waals surface area contributed by atoms with Crippen molar-refractivity contribution in [2.24, 2.45) is 0 Å². The number of hydrogen-bond donors (Lipinski definition) is 1. The van der Waals surface area contributed by atoms with Gasteiger partial charge in [0.15, 0.2) is 0 Å². The van der Waals surface area contributed by atoms with Crippen LogP contribution in [0, 0.1) is 6.92 Å². The zero-order valence-corrected chi connectivity index (χ0v) is 11.7. The molecule has 18 heavy (non-hydrogen) atoms. The Labute approximate surface area is 114 Å². The van der Waals surface area contributed by atoms with E-state index in [-0.39, 0.29) is 5.91 Å². The average molecular weight is 308 g/mol. The lowest BCUT2D eigenvalue weighted by Crippen LogP contribution is -2.22. The van der Waals surface area contributed by atoms with E-state index in [9.17, 15) is 4.79 Å². The molecular weight excluding hydrogens is 294 g/mol. The third-order valence-electron chi connectivity index (χ3n) is 2.73. The largest absolute Gasteiger partial charge is 0.469 e. The highest BCUT2D eigenvalue weighted by Gasteiger charge is 2.10. The second-order valence-corrected chi connectivity index (χ2v) is 4.58. The van der Waals surface area contributed by atoms with E-state index >= 15 is 0 Å². The van der Waals surface area contributed by atoms with Gasteiger partial charge in [0.25, 0.3) is 5.91 Å². The van der Waals surface area contributed by atoms with E-state index in [1.54, 1.807) is 13.0 Å². The number of halogens is 1. The van der Waals surface area contributed by atoms with Gasteiger partial charge >= 0.3 is 0 Å². The molecule has 2 aromatic rings. The van der Waals surface area contributed by atoms with Crippen LogP contribution >= 0.6 is 15.9 Å². The lowest BCUT2D eigenvalue weighted by molar-refractivity contribution is 0.0949. The van der Waals surface area contributed by atoms with Gasteiger partial charge in [-0.05, 0) is 24.1 Å². The highest BCUT2D eigenvalue weighted by atomic mass is 79.9. The molecule has 94 valence electrons.